The van der Waals surface area contributed by atoms with Crippen LogP contribution in [0.3, 0.4) is 0 Å². The Morgan fingerprint density at radius 3 is 2.33 bits per heavy atom. The first-order valence-corrected chi connectivity index (χ1v) is 5.51. The van der Waals surface area contributed by atoms with Gasteiger partial charge in [0.25, 0.3) is 0 Å². The van der Waals surface area contributed by atoms with E-state index in [0.29, 0.717) is 11.8 Å². The molecule has 2 unspecified atom stereocenters. The van der Waals surface area contributed by atoms with E-state index in [9.17, 15) is 4.79 Å². The zero-order valence-corrected chi connectivity index (χ0v) is 9.53. The molecule has 3 nitrogen and oxygen atoms in total. The minimum atomic E-state index is -0.966. The van der Waals surface area contributed by atoms with E-state index < -0.39 is 5.97 Å². The van der Waals surface area contributed by atoms with E-state index in [-0.39, 0.29) is 18.3 Å². The maximum atomic E-state index is 10.5. The average molecular weight is 212 g/mol. The molecule has 0 aromatic rings. The molecule has 2 atom stereocenters. The Labute approximate surface area is 91.1 Å². The van der Waals surface area contributed by atoms with Gasteiger partial charge < -0.3 is 9.84 Å². The van der Waals surface area contributed by atoms with Crippen molar-refractivity contribution in [2.45, 2.75) is 39.2 Å². The predicted molar refractivity (Wildman–Crippen MR) is 58.7 cm³/mol. The molecular weight excluding hydrogens is 192 g/mol. The average Bonchev–Trinajstić information content (AvgIpc) is 2.12. The van der Waals surface area contributed by atoms with Crippen molar-refractivity contribution >= 4 is 5.97 Å². The monoisotopic (exact) mass is 212 g/mol. The minimum absolute atomic E-state index is 0.140. The molecule has 1 rings (SSSR count). The molecule has 86 valence electrons. The van der Waals surface area contributed by atoms with Crippen LogP contribution in [0.1, 0.15) is 33.1 Å². The van der Waals surface area contributed by atoms with Crippen LogP contribution in [0.15, 0.2) is 12.2 Å². The lowest BCUT2D eigenvalue weighted by Gasteiger charge is -2.31. The third kappa shape index (κ3) is 4.04. The van der Waals surface area contributed by atoms with Gasteiger partial charge in [-0.15, -0.1) is 0 Å². The highest BCUT2D eigenvalue weighted by atomic mass is 16.5. The van der Waals surface area contributed by atoms with Gasteiger partial charge >= 0.3 is 5.97 Å². The number of carbonyl (C=O) groups is 1. The second-order valence-corrected chi connectivity index (χ2v) is 4.76. The Morgan fingerprint density at radius 2 is 1.87 bits per heavy atom. The fourth-order valence-corrected chi connectivity index (χ4v) is 2.29. The van der Waals surface area contributed by atoms with Crippen LogP contribution in [-0.2, 0) is 9.53 Å². The zero-order valence-electron chi connectivity index (χ0n) is 9.53. The molecule has 15 heavy (non-hydrogen) atoms. The van der Waals surface area contributed by atoms with Gasteiger partial charge in [-0.1, -0.05) is 20.4 Å². The van der Waals surface area contributed by atoms with Gasteiger partial charge in [0.05, 0.1) is 18.3 Å². The third-order valence-corrected chi connectivity index (χ3v) is 2.93. The van der Waals surface area contributed by atoms with Gasteiger partial charge in [0.1, 0.15) is 0 Å². The molecule has 1 aliphatic carbocycles. The Hall–Kier alpha value is -0.830. The number of ether oxygens (including phenoxy) is 1. The third-order valence-electron chi connectivity index (χ3n) is 2.93. The SMILES string of the molecule is C=C(COC1CC(C)CC(C)C1)C(=O)O. The predicted octanol–water partition coefficient (Wildman–Crippen LogP) is 2.47. The fraction of sp³-hybridized carbons (Fsp3) is 0.750. The van der Waals surface area contributed by atoms with Crippen LogP contribution >= 0.6 is 0 Å². The van der Waals surface area contributed by atoms with Crippen molar-refractivity contribution in [1.82, 2.24) is 0 Å². The van der Waals surface area contributed by atoms with Gasteiger partial charge in [-0.25, -0.2) is 4.79 Å². The maximum Gasteiger partial charge on any atom is 0.333 e. The van der Waals surface area contributed by atoms with Crippen LogP contribution in [-0.4, -0.2) is 23.8 Å². The maximum absolute atomic E-state index is 10.5. The Balaban J connectivity index is 2.32. The number of hydrogen-bond acceptors (Lipinski definition) is 2. The first-order valence-electron chi connectivity index (χ1n) is 5.51. The summed E-state index contributed by atoms with van der Waals surface area (Å²) in [7, 11) is 0. The van der Waals surface area contributed by atoms with Gasteiger partial charge in [-0.3, -0.25) is 0 Å². The second-order valence-electron chi connectivity index (χ2n) is 4.76. The minimum Gasteiger partial charge on any atom is -0.478 e. The molecule has 1 N–H and O–H groups in total. The summed E-state index contributed by atoms with van der Waals surface area (Å²) in [6.45, 7) is 8.04. The molecule has 0 radical (unpaired) electrons. The lowest BCUT2D eigenvalue weighted by Crippen LogP contribution is -2.27. The number of aliphatic carboxylic acids is 1. The van der Waals surface area contributed by atoms with Gasteiger partial charge in [0.15, 0.2) is 0 Å². The van der Waals surface area contributed by atoms with Gasteiger partial charge in [-0.2, -0.15) is 0 Å². The van der Waals surface area contributed by atoms with Crippen LogP contribution < -0.4 is 0 Å². The van der Waals surface area contributed by atoms with Crippen molar-refractivity contribution in [2.24, 2.45) is 11.8 Å². The first kappa shape index (κ1) is 12.2. The Bertz CT molecular complexity index is 237. The highest BCUT2D eigenvalue weighted by Gasteiger charge is 2.24. The summed E-state index contributed by atoms with van der Waals surface area (Å²) >= 11 is 0. The summed E-state index contributed by atoms with van der Waals surface area (Å²) in [6, 6.07) is 0. The summed E-state index contributed by atoms with van der Waals surface area (Å²) in [4.78, 5) is 10.5. The first-order chi connectivity index (χ1) is 6.99. The van der Waals surface area contributed by atoms with E-state index in [2.05, 4.69) is 20.4 Å². The highest BCUT2D eigenvalue weighted by Crippen LogP contribution is 2.30. The molecule has 0 aromatic heterocycles. The summed E-state index contributed by atoms with van der Waals surface area (Å²) in [5.74, 6) is 0.389. The molecule has 1 aliphatic rings. The zero-order chi connectivity index (χ0) is 11.4. The van der Waals surface area contributed by atoms with Gasteiger partial charge in [0.2, 0.25) is 0 Å². The normalized spacial score (nSPS) is 31.2. The molecule has 0 heterocycles. The molecule has 0 amide bonds. The van der Waals surface area contributed by atoms with Gasteiger partial charge in [0, 0.05) is 0 Å². The standard InChI is InChI=1S/C12H20O3/c1-8-4-9(2)6-11(5-8)15-7-10(3)12(13)14/h8-9,11H,3-7H2,1-2H3,(H,13,14). The smallest absolute Gasteiger partial charge is 0.333 e. The number of rotatable bonds is 4. The topological polar surface area (TPSA) is 46.5 Å². The van der Waals surface area contributed by atoms with E-state index in [1.54, 1.807) is 0 Å². The quantitative estimate of drug-likeness (QED) is 0.728. The van der Waals surface area contributed by atoms with Crippen LogP contribution in [0.4, 0.5) is 0 Å². The number of carboxylic acid groups (broad SMARTS) is 1. The van der Waals surface area contributed by atoms with E-state index in [4.69, 9.17) is 9.84 Å². The van der Waals surface area contributed by atoms with Crippen LogP contribution in [0.2, 0.25) is 0 Å². The van der Waals surface area contributed by atoms with Crippen LogP contribution in [0.25, 0.3) is 0 Å². The van der Waals surface area contributed by atoms with Crippen molar-refractivity contribution in [3.8, 4) is 0 Å². The van der Waals surface area contributed by atoms with Crippen molar-refractivity contribution < 1.29 is 14.6 Å². The molecule has 1 saturated carbocycles. The summed E-state index contributed by atoms with van der Waals surface area (Å²) in [5.41, 5.74) is 0.140. The van der Waals surface area contributed by atoms with E-state index in [0.717, 1.165) is 12.8 Å². The largest absolute Gasteiger partial charge is 0.478 e. The van der Waals surface area contributed by atoms with E-state index >= 15 is 0 Å². The van der Waals surface area contributed by atoms with Crippen molar-refractivity contribution in [1.29, 1.82) is 0 Å². The number of hydrogen-bond donors (Lipinski definition) is 1. The molecule has 0 aliphatic heterocycles. The van der Waals surface area contributed by atoms with E-state index in [1.807, 2.05) is 0 Å². The molecule has 0 bridgehead atoms. The van der Waals surface area contributed by atoms with Crippen molar-refractivity contribution in [3.63, 3.8) is 0 Å². The Morgan fingerprint density at radius 1 is 1.33 bits per heavy atom. The van der Waals surface area contributed by atoms with Crippen molar-refractivity contribution in [2.75, 3.05) is 6.61 Å². The summed E-state index contributed by atoms with van der Waals surface area (Å²) in [6.07, 6.45) is 3.54. The molecule has 3 heteroatoms. The van der Waals surface area contributed by atoms with Crippen molar-refractivity contribution in [3.05, 3.63) is 12.2 Å². The lowest BCUT2D eigenvalue weighted by molar-refractivity contribution is -0.133. The Kier molecular flexibility index (Phi) is 4.33. The van der Waals surface area contributed by atoms with Crippen LogP contribution in [0, 0.1) is 11.8 Å². The molecule has 0 aromatic carbocycles. The number of carboxylic acids is 1. The molecule has 0 spiro atoms. The van der Waals surface area contributed by atoms with Crippen LogP contribution in [0.5, 0.6) is 0 Å². The summed E-state index contributed by atoms with van der Waals surface area (Å²) in [5, 5.41) is 8.64. The fourth-order valence-electron chi connectivity index (χ4n) is 2.29. The summed E-state index contributed by atoms with van der Waals surface area (Å²) < 4.78 is 5.57. The highest BCUT2D eigenvalue weighted by molar-refractivity contribution is 5.85. The molecule has 1 fully saturated rings. The lowest BCUT2D eigenvalue weighted by atomic mass is 9.82. The molecule has 0 saturated heterocycles. The second kappa shape index (κ2) is 5.31. The molecular formula is C12H20O3. The van der Waals surface area contributed by atoms with Gasteiger partial charge in [-0.05, 0) is 31.1 Å². The van der Waals surface area contributed by atoms with E-state index in [1.165, 1.54) is 6.42 Å².